The minimum atomic E-state index is -0.0372. The van der Waals surface area contributed by atoms with Crippen LogP contribution in [0.15, 0.2) is 41.3 Å². The molecule has 1 aliphatic heterocycles. The van der Waals surface area contributed by atoms with Crippen LogP contribution >= 0.6 is 11.3 Å². The van der Waals surface area contributed by atoms with Gasteiger partial charge in [0.2, 0.25) is 0 Å². The van der Waals surface area contributed by atoms with Gasteiger partial charge in [-0.1, -0.05) is 18.2 Å². The molecular weight excluding hydrogens is 356 g/mol. The molecule has 0 spiro atoms. The van der Waals surface area contributed by atoms with Gasteiger partial charge in [-0.3, -0.25) is 5.43 Å². The summed E-state index contributed by atoms with van der Waals surface area (Å²) in [5, 5.41) is 5.60. The lowest BCUT2D eigenvalue weighted by atomic mass is 9.97. The lowest BCUT2D eigenvalue weighted by molar-refractivity contribution is 0.260. The van der Waals surface area contributed by atoms with E-state index in [1.54, 1.807) is 17.7 Å². The van der Waals surface area contributed by atoms with Gasteiger partial charge < -0.3 is 4.74 Å². The van der Waals surface area contributed by atoms with Crippen LogP contribution in [0.25, 0.3) is 16.3 Å². The molecule has 0 amide bonds. The molecule has 1 atom stereocenters. The molecule has 27 heavy (non-hydrogen) atoms. The van der Waals surface area contributed by atoms with E-state index in [4.69, 9.17) is 4.74 Å². The Morgan fingerprint density at radius 2 is 2.11 bits per heavy atom. The zero-order valence-corrected chi connectivity index (χ0v) is 15.9. The van der Waals surface area contributed by atoms with Gasteiger partial charge in [-0.15, -0.1) is 11.3 Å². The third-order valence-electron chi connectivity index (χ3n) is 5.15. The summed E-state index contributed by atoms with van der Waals surface area (Å²) in [7, 11) is 0. The maximum absolute atomic E-state index is 5.97. The second kappa shape index (κ2) is 6.78. The van der Waals surface area contributed by atoms with Crippen molar-refractivity contribution in [1.29, 1.82) is 0 Å². The van der Waals surface area contributed by atoms with E-state index in [1.807, 2.05) is 37.4 Å². The third-order valence-corrected chi connectivity index (χ3v) is 6.35. The van der Waals surface area contributed by atoms with Gasteiger partial charge in [0, 0.05) is 16.0 Å². The van der Waals surface area contributed by atoms with E-state index in [9.17, 15) is 0 Å². The van der Waals surface area contributed by atoms with Crippen molar-refractivity contribution in [3.05, 3.63) is 52.2 Å². The normalized spacial score (nSPS) is 18.7. The molecule has 2 aliphatic rings. The van der Waals surface area contributed by atoms with Gasteiger partial charge in [0.15, 0.2) is 5.82 Å². The highest BCUT2D eigenvalue weighted by atomic mass is 32.1. The van der Waals surface area contributed by atoms with Crippen molar-refractivity contribution < 1.29 is 4.74 Å². The molecule has 0 bridgehead atoms. The number of para-hydroxylation sites is 1. The molecule has 0 radical (unpaired) electrons. The van der Waals surface area contributed by atoms with Gasteiger partial charge in [0.1, 0.15) is 23.0 Å². The zero-order chi connectivity index (χ0) is 18.2. The molecule has 3 heterocycles. The Hall–Kier alpha value is -2.73. The molecular formula is C21H20N4OS. The molecule has 1 unspecified atom stereocenters. The van der Waals surface area contributed by atoms with Crippen LogP contribution in [0.5, 0.6) is 5.75 Å². The van der Waals surface area contributed by atoms with Gasteiger partial charge in [-0.2, -0.15) is 5.10 Å². The molecule has 1 N–H and O–H groups in total. The number of ether oxygens (including phenoxy) is 1. The topological polar surface area (TPSA) is 59.4 Å². The van der Waals surface area contributed by atoms with Crippen molar-refractivity contribution in [2.45, 2.75) is 38.7 Å². The predicted octanol–water partition coefficient (Wildman–Crippen LogP) is 4.83. The Morgan fingerprint density at radius 3 is 3.07 bits per heavy atom. The smallest absolute Gasteiger partial charge is 0.158 e. The van der Waals surface area contributed by atoms with Crippen LogP contribution in [0, 0.1) is 0 Å². The molecule has 1 aromatic carbocycles. The number of rotatable bonds is 3. The standard InChI is InChI=1S/C21H20N4OS/c1-13-15(10-14-6-2-4-8-17(14)26-13)11-24-25-20-19-16-7-3-5-9-18(16)27-21(19)23-12-22-20/h2,4,6,8,10-13H,3,5,7,9H2,1H3,(H,22,23,25). The lowest BCUT2D eigenvalue weighted by Gasteiger charge is -2.22. The first kappa shape index (κ1) is 16.4. The van der Waals surface area contributed by atoms with Crippen molar-refractivity contribution in [2.75, 3.05) is 5.43 Å². The number of thiophene rings is 1. The van der Waals surface area contributed by atoms with E-state index >= 15 is 0 Å². The lowest BCUT2D eigenvalue weighted by Crippen LogP contribution is -2.19. The minimum Gasteiger partial charge on any atom is -0.485 e. The molecule has 0 fully saturated rings. The highest BCUT2D eigenvalue weighted by Gasteiger charge is 2.20. The number of anilines is 1. The molecule has 0 saturated carbocycles. The molecule has 6 heteroatoms. The second-order valence-corrected chi connectivity index (χ2v) is 8.01. The van der Waals surface area contributed by atoms with Gasteiger partial charge in [-0.05, 0) is 50.3 Å². The van der Waals surface area contributed by atoms with E-state index in [-0.39, 0.29) is 6.10 Å². The second-order valence-electron chi connectivity index (χ2n) is 6.93. The minimum absolute atomic E-state index is 0.0372. The van der Waals surface area contributed by atoms with E-state index in [2.05, 4.69) is 26.6 Å². The number of benzene rings is 1. The molecule has 1 aliphatic carbocycles. The maximum Gasteiger partial charge on any atom is 0.158 e. The van der Waals surface area contributed by atoms with Gasteiger partial charge in [0.25, 0.3) is 0 Å². The van der Waals surface area contributed by atoms with Gasteiger partial charge in [0.05, 0.1) is 11.6 Å². The average molecular weight is 376 g/mol. The first-order valence-electron chi connectivity index (χ1n) is 9.31. The Morgan fingerprint density at radius 1 is 1.22 bits per heavy atom. The Kier molecular flexibility index (Phi) is 4.13. The first-order valence-corrected chi connectivity index (χ1v) is 10.1. The van der Waals surface area contributed by atoms with Crippen LogP contribution in [0.2, 0.25) is 0 Å². The number of fused-ring (bicyclic) bond motifs is 4. The van der Waals surface area contributed by atoms with Crippen molar-refractivity contribution in [3.8, 4) is 5.75 Å². The summed E-state index contributed by atoms with van der Waals surface area (Å²) in [6, 6.07) is 8.04. The average Bonchev–Trinajstić information content (AvgIpc) is 3.08. The molecule has 0 saturated heterocycles. The summed E-state index contributed by atoms with van der Waals surface area (Å²) in [5.74, 6) is 1.71. The fourth-order valence-corrected chi connectivity index (χ4v) is 4.98. The molecule has 2 aromatic heterocycles. The van der Waals surface area contributed by atoms with E-state index < -0.39 is 0 Å². The number of aromatic nitrogens is 2. The number of nitrogens with zero attached hydrogens (tertiary/aromatic N) is 3. The van der Waals surface area contributed by atoms with Crippen molar-refractivity contribution in [1.82, 2.24) is 9.97 Å². The first-order chi connectivity index (χ1) is 13.3. The van der Waals surface area contributed by atoms with Crippen molar-refractivity contribution in [3.63, 3.8) is 0 Å². The van der Waals surface area contributed by atoms with E-state index in [1.165, 1.54) is 23.3 Å². The highest BCUT2D eigenvalue weighted by Crippen LogP contribution is 2.38. The summed E-state index contributed by atoms with van der Waals surface area (Å²) in [4.78, 5) is 11.4. The Labute approximate surface area is 161 Å². The number of hydrogen-bond acceptors (Lipinski definition) is 6. The highest BCUT2D eigenvalue weighted by molar-refractivity contribution is 7.19. The Balaban J connectivity index is 1.43. The number of hydrazone groups is 1. The fourth-order valence-electron chi connectivity index (χ4n) is 3.75. The fraction of sp³-hybridized carbons (Fsp3) is 0.286. The molecule has 136 valence electrons. The van der Waals surface area contributed by atoms with Crippen LogP contribution in [0.4, 0.5) is 5.82 Å². The summed E-state index contributed by atoms with van der Waals surface area (Å²) < 4.78 is 5.97. The largest absolute Gasteiger partial charge is 0.485 e. The van der Waals surface area contributed by atoms with Gasteiger partial charge >= 0.3 is 0 Å². The maximum atomic E-state index is 5.97. The predicted molar refractivity (Wildman–Crippen MR) is 111 cm³/mol. The molecule has 5 nitrogen and oxygen atoms in total. The third kappa shape index (κ3) is 3.00. The van der Waals surface area contributed by atoms with Crippen LogP contribution in [0.3, 0.4) is 0 Å². The van der Waals surface area contributed by atoms with Crippen LogP contribution in [0.1, 0.15) is 35.8 Å². The van der Waals surface area contributed by atoms with Crippen molar-refractivity contribution in [2.24, 2.45) is 5.10 Å². The van der Waals surface area contributed by atoms with Crippen molar-refractivity contribution >= 4 is 39.7 Å². The molecule has 5 rings (SSSR count). The van der Waals surface area contributed by atoms with Crippen LogP contribution in [-0.2, 0) is 12.8 Å². The number of nitrogens with one attached hydrogen (secondary N) is 1. The van der Waals surface area contributed by atoms with Crippen LogP contribution in [-0.4, -0.2) is 22.3 Å². The van der Waals surface area contributed by atoms with Crippen LogP contribution < -0.4 is 10.2 Å². The summed E-state index contributed by atoms with van der Waals surface area (Å²) in [6.45, 7) is 2.03. The SMILES string of the molecule is CC1Oc2ccccc2C=C1C=NNc1ncnc2sc3c(c12)CCCC3. The number of hydrogen-bond donors (Lipinski definition) is 1. The quantitative estimate of drug-likeness (QED) is 0.525. The number of aryl methyl sites for hydroxylation is 2. The monoisotopic (exact) mass is 376 g/mol. The summed E-state index contributed by atoms with van der Waals surface area (Å²) in [6.07, 6.45) is 10.3. The summed E-state index contributed by atoms with van der Waals surface area (Å²) in [5.41, 5.74) is 6.65. The summed E-state index contributed by atoms with van der Waals surface area (Å²) >= 11 is 1.79. The van der Waals surface area contributed by atoms with E-state index in [0.29, 0.717) is 0 Å². The van der Waals surface area contributed by atoms with Gasteiger partial charge in [-0.25, -0.2) is 9.97 Å². The van der Waals surface area contributed by atoms with E-state index in [0.717, 1.165) is 45.8 Å². The zero-order valence-electron chi connectivity index (χ0n) is 15.1. The Bertz CT molecular complexity index is 1070. The molecule has 3 aromatic rings.